The summed E-state index contributed by atoms with van der Waals surface area (Å²) in [7, 11) is -4.29. The van der Waals surface area contributed by atoms with E-state index in [1.807, 2.05) is 0 Å². The first-order valence-electron chi connectivity index (χ1n) is 5.16. The van der Waals surface area contributed by atoms with E-state index in [2.05, 4.69) is 5.32 Å². The number of carbonyl (C=O) groups excluding carboxylic acids is 1. The fraction of sp³-hybridized carbons (Fsp3) is 0.0833. The fourth-order valence-electron chi connectivity index (χ4n) is 1.75. The minimum absolute atomic E-state index is 0. The molecular formula is C12H12NNaO4S. The van der Waals surface area contributed by atoms with E-state index in [0.717, 1.165) is 0 Å². The molecule has 2 aromatic carbocycles. The maximum atomic E-state index is 11.2. The van der Waals surface area contributed by atoms with Crippen molar-refractivity contribution in [2.75, 3.05) is 5.32 Å². The van der Waals surface area contributed by atoms with E-state index < -0.39 is 10.1 Å². The first-order valence-corrected chi connectivity index (χ1v) is 6.60. The normalized spacial score (nSPS) is 10.8. The zero-order chi connectivity index (χ0) is 13.3. The molecule has 0 bridgehead atoms. The van der Waals surface area contributed by atoms with Gasteiger partial charge in [0.25, 0.3) is 10.1 Å². The number of benzene rings is 2. The molecule has 2 aromatic rings. The van der Waals surface area contributed by atoms with Crippen molar-refractivity contribution in [3.05, 3.63) is 36.4 Å². The van der Waals surface area contributed by atoms with Gasteiger partial charge in [-0.25, -0.2) is 0 Å². The molecule has 0 aliphatic rings. The van der Waals surface area contributed by atoms with Crippen LogP contribution in [-0.2, 0) is 14.9 Å². The Bertz CT molecular complexity index is 728. The zero-order valence-corrected chi connectivity index (χ0v) is 10.4. The van der Waals surface area contributed by atoms with Gasteiger partial charge < -0.3 is 5.32 Å². The molecule has 1 amide bonds. The molecule has 0 aromatic heterocycles. The second-order valence-electron chi connectivity index (χ2n) is 3.85. The van der Waals surface area contributed by atoms with Gasteiger partial charge in [0.2, 0.25) is 5.91 Å². The van der Waals surface area contributed by atoms with Gasteiger partial charge in [-0.1, -0.05) is 18.2 Å². The molecular weight excluding hydrogens is 277 g/mol. The van der Waals surface area contributed by atoms with Gasteiger partial charge in [-0.15, -0.1) is 0 Å². The van der Waals surface area contributed by atoms with Gasteiger partial charge in [0.05, 0.1) is 0 Å². The van der Waals surface area contributed by atoms with Crippen molar-refractivity contribution in [3.63, 3.8) is 0 Å². The van der Waals surface area contributed by atoms with E-state index in [4.69, 9.17) is 4.55 Å². The Morgan fingerprint density at radius 2 is 1.89 bits per heavy atom. The molecule has 2 N–H and O–H groups in total. The number of nitrogens with one attached hydrogen (secondary N) is 1. The van der Waals surface area contributed by atoms with E-state index in [1.54, 1.807) is 24.3 Å². The second-order valence-corrected chi connectivity index (χ2v) is 5.24. The first-order chi connectivity index (χ1) is 8.38. The van der Waals surface area contributed by atoms with Gasteiger partial charge in [0.1, 0.15) is 4.90 Å². The van der Waals surface area contributed by atoms with Gasteiger partial charge in [0, 0.05) is 18.0 Å². The quantitative estimate of drug-likeness (QED) is 0.646. The van der Waals surface area contributed by atoms with Crippen molar-refractivity contribution in [2.45, 2.75) is 11.8 Å². The molecule has 0 aliphatic carbocycles. The van der Waals surface area contributed by atoms with E-state index in [0.29, 0.717) is 16.5 Å². The molecule has 5 nitrogen and oxygen atoms in total. The Labute approximate surface area is 133 Å². The molecule has 0 saturated heterocycles. The standard InChI is InChI=1S/C12H11NO4S.Na.H/c1-8(14)13-10-6-5-9-3-2-4-12(11(9)7-10)18(15,16)17;;/h2-7H,1H3,(H,13,14)(H,15,16,17);;. The molecule has 2 rings (SSSR count). The molecule has 0 radical (unpaired) electrons. The summed E-state index contributed by atoms with van der Waals surface area (Å²) in [6.07, 6.45) is 0. The predicted molar refractivity (Wildman–Crippen MR) is 75.2 cm³/mol. The molecule has 0 unspecified atom stereocenters. The molecule has 0 heterocycles. The van der Waals surface area contributed by atoms with Crippen LogP contribution in [0, 0.1) is 0 Å². The van der Waals surface area contributed by atoms with E-state index in [-0.39, 0.29) is 40.4 Å². The van der Waals surface area contributed by atoms with Gasteiger partial charge in [-0.2, -0.15) is 8.42 Å². The van der Waals surface area contributed by atoms with Crippen LogP contribution in [0.3, 0.4) is 0 Å². The molecule has 0 saturated carbocycles. The second kappa shape index (κ2) is 6.02. The van der Waals surface area contributed by atoms with Crippen LogP contribution in [0.4, 0.5) is 5.69 Å². The number of anilines is 1. The van der Waals surface area contributed by atoms with Crippen LogP contribution in [-0.4, -0.2) is 48.4 Å². The van der Waals surface area contributed by atoms with Crippen molar-refractivity contribution >= 4 is 62.0 Å². The van der Waals surface area contributed by atoms with Crippen LogP contribution >= 0.6 is 0 Å². The molecule has 19 heavy (non-hydrogen) atoms. The number of hydrogen-bond donors (Lipinski definition) is 2. The summed E-state index contributed by atoms with van der Waals surface area (Å²) in [6, 6.07) is 9.44. The van der Waals surface area contributed by atoms with Crippen molar-refractivity contribution in [3.8, 4) is 0 Å². The van der Waals surface area contributed by atoms with Crippen molar-refractivity contribution in [1.29, 1.82) is 0 Å². The molecule has 96 valence electrons. The van der Waals surface area contributed by atoms with Crippen LogP contribution in [0.5, 0.6) is 0 Å². The van der Waals surface area contributed by atoms with E-state index >= 15 is 0 Å². The summed E-state index contributed by atoms with van der Waals surface area (Å²) in [4.78, 5) is 10.8. The fourth-order valence-corrected chi connectivity index (χ4v) is 2.46. The Balaban J connectivity index is 0.00000180. The molecule has 0 fully saturated rings. The van der Waals surface area contributed by atoms with Crippen molar-refractivity contribution in [2.24, 2.45) is 0 Å². The summed E-state index contributed by atoms with van der Waals surface area (Å²) < 4.78 is 31.6. The number of carbonyl (C=O) groups is 1. The number of rotatable bonds is 2. The monoisotopic (exact) mass is 289 g/mol. The van der Waals surface area contributed by atoms with Gasteiger partial charge in [-0.05, 0) is 23.6 Å². The Hall–Kier alpha value is -0.920. The molecule has 7 heteroatoms. The maximum absolute atomic E-state index is 11.2. The topological polar surface area (TPSA) is 83.5 Å². The predicted octanol–water partition coefficient (Wildman–Crippen LogP) is 1.40. The summed E-state index contributed by atoms with van der Waals surface area (Å²) in [5, 5.41) is 3.59. The van der Waals surface area contributed by atoms with E-state index in [1.165, 1.54) is 19.1 Å². The number of fused-ring (bicyclic) bond motifs is 1. The van der Waals surface area contributed by atoms with Crippen LogP contribution < -0.4 is 5.32 Å². The van der Waals surface area contributed by atoms with E-state index in [9.17, 15) is 13.2 Å². The first kappa shape index (κ1) is 16.1. The van der Waals surface area contributed by atoms with Crippen LogP contribution in [0.1, 0.15) is 6.92 Å². The van der Waals surface area contributed by atoms with Crippen LogP contribution in [0.15, 0.2) is 41.3 Å². The number of hydrogen-bond acceptors (Lipinski definition) is 3. The minimum atomic E-state index is -4.29. The Morgan fingerprint density at radius 1 is 1.21 bits per heavy atom. The third kappa shape index (κ3) is 3.77. The molecule has 0 aliphatic heterocycles. The van der Waals surface area contributed by atoms with Crippen molar-refractivity contribution < 1.29 is 17.8 Å². The summed E-state index contributed by atoms with van der Waals surface area (Å²) in [5.74, 6) is -0.251. The van der Waals surface area contributed by atoms with Crippen molar-refractivity contribution in [1.82, 2.24) is 0 Å². The summed E-state index contributed by atoms with van der Waals surface area (Å²) in [6.45, 7) is 1.36. The SMILES string of the molecule is CC(=O)Nc1ccc2cccc(S(=O)(=O)O)c2c1.[NaH]. The van der Waals surface area contributed by atoms with Gasteiger partial charge >= 0.3 is 29.6 Å². The third-order valence-electron chi connectivity index (χ3n) is 2.44. The average Bonchev–Trinajstić information content (AvgIpc) is 2.26. The zero-order valence-electron chi connectivity index (χ0n) is 9.54. The molecule has 0 atom stereocenters. The third-order valence-corrected chi connectivity index (χ3v) is 3.35. The van der Waals surface area contributed by atoms with Gasteiger partial charge in [0.15, 0.2) is 0 Å². The molecule has 0 spiro atoms. The van der Waals surface area contributed by atoms with Crippen LogP contribution in [0.2, 0.25) is 0 Å². The average molecular weight is 289 g/mol. The Kier molecular flexibility index (Phi) is 5.11. The van der Waals surface area contributed by atoms with Crippen LogP contribution in [0.25, 0.3) is 10.8 Å². The van der Waals surface area contributed by atoms with Gasteiger partial charge in [-0.3, -0.25) is 9.35 Å². The Morgan fingerprint density at radius 3 is 2.47 bits per heavy atom. The number of amides is 1. The summed E-state index contributed by atoms with van der Waals surface area (Å²) >= 11 is 0. The summed E-state index contributed by atoms with van der Waals surface area (Å²) in [5.41, 5.74) is 0.478.